The molecule has 0 atom stereocenters. The average molecular weight is 446 g/mol. The molecule has 0 aliphatic carbocycles. The quantitative estimate of drug-likeness (QED) is 0.291. The van der Waals surface area contributed by atoms with Crippen LogP contribution in [0.3, 0.4) is 0 Å². The Morgan fingerprint density at radius 1 is 0.538 bits per heavy atom. The van der Waals surface area contributed by atoms with Gasteiger partial charge in [-0.15, -0.1) is 0 Å². The Hall–Kier alpha value is -2.39. The van der Waals surface area contributed by atoms with E-state index in [2.05, 4.69) is 126 Å². The minimum atomic E-state index is 0.941. The molecule has 4 aromatic rings. The lowest BCUT2D eigenvalue weighted by molar-refractivity contribution is 1.19. The topological polar surface area (TPSA) is 0 Å². The summed E-state index contributed by atoms with van der Waals surface area (Å²) in [5.74, 6) is 0. The van der Waals surface area contributed by atoms with E-state index in [4.69, 9.17) is 0 Å². The summed E-state index contributed by atoms with van der Waals surface area (Å²) in [6, 6.07) is 36.9. The van der Waals surface area contributed by atoms with E-state index < -0.39 is 0 Å². The van der Waals surface area contributed by atoms with Crippen LogP contribution in [0.5, 0.6) is 0 Å². The van der Waals surface area contributed by atoms with E-state index in [-0.39, 0.29) is 0 Å². The van der Waals surface area contributed by atoms with Gasteiger partial charge in [0.1, 0.15) is 0 Å². The van der Waals surface area contributed by atoms with E-state index in [1.807, 2.05) is 0 Å². The lowest BCUT2D eigenvalue weighted by Crippen LogP contribution is -1.94. The second kappa shape index (κ2) is 7.88. The molecule has 26 heavy (non-hydrogen) atoms. The Labute approximate surface area is 168 Å². The summed E-state index contributed by atoms with van der Waals surface area (Å²) < 4.78 is 1.27. The number of hydrogen-bond donors (Lipinski definition) is 0. The van der Waals surface area contributed by atoms with Crippen LogP contribution in [0.15, 0.2) is 103 Å². The molecule has 0 unspecified atom stereocenters. The monoisotopic (exact) mass is 446 g/mol. The second-order valence-electron chi connectivity index (χ2n) is 6.41. The van der Waals surface area contributed by atoms with Crippen molar-refractivity contribution in [2.24, 2.45) is 0 Å². The molecule has 0 aliphatic heterocycles. The summed E-state index contributed by atoms with van der Waals surface area (Å²) in [5, 5.41) is 0. The number of hydrogen-bond acceptors (Lipinski definition) is 0. The Kier molecular flexibility index (Phi) is 5.16. The van der Waals surface area contributed by atoms with Gasteiger partial charge in [0.15, 0.2) is 0 Å². The van der Waals surface area contributed by atoms with Crippen molar-refractivity contribution in [3.8, 4) is 22.3 Å². The number of rotatable bonds is 4. The van der Waals surface area contributed by atoms with Crippen molar-refractivity contribution in [1.82, 2.24) is 0 Å². The van der Waals surface area contributed by atoms with Crippen molar-refractivity contribution in [2.45, 2.75) is 6.42 Å². The van der Waals surface area contributed by atoms with E-state index in [9.17, 15) is 0 Å². The maximum atomic E-state index is 2.35. The molecule has 0 aliphatic rings. The summed E-state index contributed by atoms with van der Waals surface area (Å²) in [5.41, 5.74) is 7.80. The Balaban J connectivity index is 1.79. The van der Waals surface area contributed by atoms with Gasteiger partial charge in [0, 0.05) is 3.57 Å². The third-order valence-electron chi connectivity index (χ3n) is 4.61. The lowest BCUT2D eigenvalue weighted by Gasteiger charge is -2.13. The molecule has 0 fully saturated rings. The van der Waals surface area contributed by atoms with E-state index >= 15 is 0 Å². The van der Waals surface area contributed by atoms with Crippen LogP contribution >= 0.6 is 22.6 Å². The predicted molar refractivity (Wildman–Crippen MR) is 119 cm³/mol. The fourth-order valence-corrected chi connectivity index (χ4v) is 3.61. The van der Waals surface area contributed by atoms with Gasteiger partial charge in [-0.05, 0) is 80.6 Å². The zero-order chi connectivity index (χ0) is 17.8. The van der Waals surface area contributed by atoms with E-state index in [0.717, 1.165) is 6.42 Å². The van der Waals surface area contributed by atoms with Crippen molar-refractivity contribution in [1.29, 1.82) is 0 Å². The molecule has 0 radical (unpaired) electrons. The molecule has 4 aromatic carbocycles. The van der Waals surface area contributed by atoms with Crippen molar-refractivity contribution >= 4 is 22.6 Å². The highest BCUT2D eigenvalue weighted by atomic mass is 127. The van der Waals surface area contributed by atoms with Gasteiger partial charge in [0.05, 0.1) is 0 Å². The van der Waals surface area contributed by atoms with Crippen molar-refractivity contribution < 1.29 is 0 Å². The molecule has 0 heterocycles. The van der Waals surface area contributed by atoms with Crippen LogP contribution in [0.1, 0.15) is 11.1 Å². The highest BCUT2D eigenvalue weighted by molar-refractivity contribution is 14.1. The lowest BCUT2D eigenvalue weighted by atomic mass is 9.91. The van der Waals surface area contributed by atoms with Crippen molar-refractivity contribution in [3.05, 3.63) is 118 Å². The molecule has 0 N–H and O–H groups in total. The zero-order valence-electron chi connectivity index (χ0n) is 14.4. The van der Waals surface area contributed by atoms with Crippen LogP contribution in [0, 0.1) is 3.57 Å². The van der Waals surface area contributed by atoms with Crippen LogP contribution < -0.4 is 0 Å². The first-order chi connectivity index (χ1) is 12.8. The van der Waals surface area contributed by atoms with Crippen LogP contribution in [0.4, 0.5) is 0 Å². The molecule has 4 rings (SSSR count). The summed E-state index contributed by atoms with van der Waals surface area (Å²) in [4.78, 5) is 0. The standard InChI is InChI=1S/C25H19I/c26-24-15-11-19(12-16-24)17-23-14-13-22(20-7-3-1-4-8-20)18-25(23)21-9-5-2-6-10-21/h1-16,18H,17H2. The van der Waals surface area contributed by atoms with Gasteiger partial charge in [-0.1, -0.05) is 84.9 Å². The Morgan fingerprint density at radius 2 is 1.15 bits per heavy atom. The fourth-order valence-electron chi connectivity index (χ4n) is 3.25. The molecule has 0 nitrogen and oxygen atoms in total. The molecule has 0 bridgehead atoms. The highest BCUT2D eigenvalue weighted by Crippen LogP contribution is 2.31. The van der Waals surface area contributed by atoms with Gasteiger partial charge in [0.25, 0.3) is 0 Å². The average Bonchev–Trinajstić information content (AvgIpc) is 2.71. The third-order valence-corrected chi connectivity index (χ3v) is 5.33. The van der Waals surface area contributed by atoms with Gasteiger partial charge in [0.2, 0.25) is 0 Å². The molecule has 0 spiro atoms. The molecular weight excluding hydrogens is 427 g/mol. The maximum absolute atomic E-state index is 2.35. The Morgan fingerprint density at radius 3 is 1.81 bits per heavy atom. The SMILES string of the molecule is Ic1ccc(Cc2ccc(-c3ccccc3)cc2-c2ccccc2)cc1. The molecule has 1 heteroatoms. The highest BCUT2D eigenvalue weighted by Gasteiger charge is 2.09. The van der Waals surface area contributed by atoms with Crippen LogP contribution in [-0.4, -0.2) is 0 Å². The molecule has 0 aromatic heterocycles. The fraction of sp³-hybridized carbons (Fsp3) is 0.0400. The minimum Gasteiger partial charge on any atom is -0.0622 e. The minimum absolute atomic E-state index is 0.941. The van der Waals surface area contributed by atoms with Gasteiger partial charge in [-0.3, -0.25) is 0 Å². The van der Waals surface area contributed by atoms with E-state index in [1.165, 1.54) is 37.0 Å². The summed E-state index contributed by atoms with van der Waals surface area (Å²) >= 11 is 2.35. The summed E-state index contributed by atoms with van der Waals surface area (Å²) in [6.07, 6.45) is 0.941. The van der Waals surface area contributed by atoms with E-state index in [0.29, 0.717) is 0 Å². The predicted octanol–water partition coefficient (Wildman–Crippen LogP) is 7.22. The van der Waals surface area contributed by atoms with Crippen molar-refractivity contribution in [2.75, 3.05) is 0 Å². The zero-order valence-corrected chi connectivity index (χ0v) is 16.6. The first-order valence-corrected chi connectivity index (χ1v) is 9.86. The van der Waals surface area contributed by atoms with E-state index in [1.54, 1.807) is 0 Å². The summed E-state index contributed by atoms with van der Waals surface area (Å²) in [7, 11) is 0. The normalized spacial score (nSPS) is 10.7. The second-order valence-corrected chi connectivity index (χ2v) is 7.65. The summed E-state index contributed by atoms with van der Waals surface area (Å²) in [6.45, 7) is 0. The van der Waals surface area contributed by atoms with Gasteiger partial charge in [-0.25, -0.2) is 0 Å². The van der Waals surface area contributed by atoms with Crippen LogP contribution in [0.2, 0.25) is 0 Å². The van der Waals surface area contributed by atoms with Crippen LogP contribution in [-0.2, 0) is 6.42 Å². The number of halogens is 1. The van der Waals surface area contributed by atoms with Crippen LogP contribution in [0.25, 0.3) is 22.3 Å². The molecular formula is C25H19I. The molecule has 126 valence electrons. The maximum Gasteiger partial charge on any atom is 0.0130 e. The van der Waals surface area contributed by atoms with Gasteiger partial charge >= 0.3 is 0 Å². The number of benzene rings is 4. The first-order valence-electron chi connectivity index (χ1n) is 8.78. The Bertz CT molecular complexity index is 987. The smallest absolute Gasteiger partial charge is 0.0130 e. The van der Waals surface area contributed by atoms with Crippen molar-refractivity contribution in [3.63, 3.8) is 0 Å². The first kappa shape index (κ1) is 17.0. The molecule has 0 saturated carbocycles. The molecule has 0 saturated heterocycles. The third kappa shape index (κ3) is 3.88. The largest absolute Gasteiger partial charge is 0.0622 e. The van der Waals surface area contributed by atoms with Gasteiger partial charge < -0.3 is 0 Å². The molecule has 0 amide bonds. The van der Waals surface area contributed by atoms with Gasteiger partial charge in [-0.2, -0.15) is 0 Å².